The molecule has 0 radical (unpaired) electrons. The number of aromatic carboxylic acids is 1. The molecule has 2 rings (SSSR count). The van der Waals surface area contributed by atoms with Gasteiger partial charge in [0.1, 0.15) is 0 Å². The van der Waals surface area contributed by atoms with Crippen molar-refractivity contribution in [2.24, 2.45) is 5.73 Å². The first kappa shape index (κ1) is 14.8. The molecule has 1 aromatic rings. The second-order valence-electron chi connectivity index (χ2n) is 5.00. The molecule has 0 unspecified atom stereocenters. The second-order valence-corrected chi connectivity index (χ2v) is 5.91. The SMILES string of the molecule is NC(=O)CN(c1cc(Br)ccc1C(=O)O)C1CCCC1. The van der Waals surface area contributed by atoms with Crippen molar-refractivity contribution < 1.29 is 14.7 Å². The lowest BCUT2D eigenvalue weighted by molar-refractivity contribution is -0.116. The predicted octanol–water partition coefficient (Wildman–Crippen LogP) is 2.38. The van der Waals surface area contributed by atoms with Crippen LogP contribution in [-0.4, -0.2) is 29.6 Å². The van der Waals surface area contributed by atoms with Crippen LogP contribution in [0.15, 0.2) is 22.7 Å². The minimum atomic E-state index is -1.00. The maximum absolute atomic E-state index is 11.4. The van der Waals surface area contributed by atoms with Crippen molar-refractivity contribution in [3.8, 4) is 0 Å². The summed E-state index contributed by atoms with van der Waals surface area (Å²) in [7, 11) is 0. The molecular formula is C14H17BrN2O3. The van der Waals surface area contributed by atoms with Crippen LogP contribution in [0.4, 0.5) is 5.69 Å². The van der Waals surface area contributed by atoms with Crippen LogP contribution in [0.25, 0.3) is 0 Å². The van der Waals surface area contributed by atoms with Crippen LogP contribution in [0.1, 0.15) is 36.0 Å². The number of carbonyl (C=O) groups excluding carboxylic acids is 1. The van der Waals surface area contributed by atoms with E-state index in [4.69, 9.17) is 5.73 Å². The van der Waals surface area contributed by atoms with Gasteiger partial charge in [-0.25, -0.2) is 4.79 Å². The summed E-state index contributed by atoms with van der Waals surface area (Å²) in [4.78, 5) is 24.5. The third-order valence-electron chi connectivity index (χ3n) is 3.59. The number of benzene rings is 1. The van der Waals surface area contributed by atoms with E-state index < -0.39 is 11.9 Å². The maximum Gasteiger partial charge on any atom is 0.337 e. The average molecular weight is 341 g/mol. The molecule has 1 aromatic carbocycles. The molecule has 20 heavy (non-hydrogen) atoms. The van der Waals surface area contributed by atoms with Crippen LogP contribution in [0, 0.1) is 0 Å². The molecule has 0 aliphatic heterocycles. The molecule has 1 saturated carbocycles. The minimum absolute atomic E-state index is 0.0431. The smallest absolute Gasteiger partial charge is 0.337 e. The first-order valence-electron chi connectivity index (χ1n) is 6.57. The summed E-state index contributed by atoms with van der Waals surface area (Å²) in [6.07, 6.45) is 4.10. The lowest BCUT2D eigenvalue weighted by Crippen LogP contribution is -2.41. The van der Waals surface area contributed by atoms with Gasteiger partial charge in [0.2, 0.25) is 5.91 Å². The van der Waals surface area contributed by atoms with Crippen LogP contribution >= 0.6 is 15.9 Å². The van der Waals surface area contributed by atoms with Gasteiger partial charge in [-0.2, -0.15) is 0 Å². The number of carboxylic acids is 1. The zero-order valence-corrected chi connectivity index (χ0v) is 12.6. The van der Waals surface area contributed by atoms with Gasteiger partial charge in [-0.3, -0.25) is 4.79 Å². The minimum Gasteiger partial charge on any atom is -0.478 e. The van der Waals surface area contributed by atoms with Crippen molar-refractivity contribution in [1.82, 2.24) is 0 Å². The largest absolute Gasteiger partial charge is 0.478 e. The quantitative estimate of drug-likeness (QED) is 0.861. The van der Waals surface area contributed by atoms with Gasteiger partial charge in [0, 0.05) is 10.5 Å². The molecule has 6 heteroatoms. The maximum atomic E-state index is 11.4. The molecule has 1 aliphatic carbocycles. The number of halogens is 1. The Hall–Kier alpha value is -1.56. The van der Waals surface area contributed by atoms with E-state index in [9.17, 15) is 14.7 Å². The molecule has 108 valence electrons. The molecule has 0 atom stereocenters. The molecule has 5 nitrogen and oxygen atoms in total. The zero-order chi connectivity index (χ0) is 14.7. The lowest BCUT2D eigenvalue weighted by Gasteiger charge is -2.31. The van der Waals surface area contributed by atoms with Gasteiger partial charge in [-0.1, -0.05) is 28.8 Å². The Labute approximate surface area is 125 Å². The number of carbonyl (C=O) groups is 2. The Morgan fingerprint density at radius 1 is 1.35 bits per heavy atom. The number of rotatable bonds is 5. The number of hydrogen-bond donors (Lipinski definition) is 2. The highest BCUT2D eigenvalue weighted by Crippen LogP contribution is 2.32. The number of carboxylic acid groups (broad SMARTS) is 1. The van der Waals surface area contributed by atoms with Gasteiger partial charge >= 0.3 is 5.97 Å². The van der Waals surface area contributed by atoms with Gasteiger partial charge in [-0.05, 0) is 31.0 Å². The standard InChI is InChI=1S/C14H17BrN2O3/c15-9-5-6-11(14(19)20)12(7-9)17(8-13(16)18)10-3-1-2-4-10/h5-7,10H,1-4,8H2,(H2,16,18)(H,19,20). The molecule has 3 N–H and O–H groups in total. The van der Waals surface area contributed by atoms with E-state index in [0.717, 1.165) is 30.2 Å². The Morgan fingerprint density at radius 2 is 2.00 bits per heavy atom. The first-order chi connectivity index (χ1) is 9.49. The summed E-state index contributed by atoms with van der Waals surface area (Å²) in [5.74, 6) is -1.45. The van der Waals surface area contributed by atoms with Crippen molar-refractivity contribution in [3.63, 3.8) is 0 Å². The number of hydrogen-bond acceptors (Lipinski definition) is 3. The van der Waals surface area contributed by atoms with Gasteiger partial charge in [0.15, 0.2) is 0 Å². The van der Waals surface area contributed by atoms with Crippen molar-refractivity contribution in [3.05, 3.63) is 28.2 Å². The highest BCUT2D eigenvalue weighted by molar-refractivity contribution is 9.10. The summed E-state index contributed by atoms with van der Waals surface area (Å²) in [6, 6.07) is 5.15. The molecule has 0 aromatic heterocycles. The van der Waals surface area contributed by atoms with Crippen LogP contribution in [0.5, 0.6) is 0 Å². The monoisotopic (exact) mass is 340 g/mol. The summed E-state index contributed by atoms with van der Waals surface area (Å²) in [5, 5.41) is 9.32. The van der Waals surface area contributed by atoms with E-state index in [-0.39, 0.29) is 18.2 Å². The van der Waals surface area contributed by atoms with E-state index in [1.807, 2.05) is 4.90 Å². The van der Waals surface area contributed by atoms with Crippen molar-refractivity contribution >= 4 is 33.5 Å². The van der Waals surface area contributed by atoms with Crippen LogP contribution in [0.3, 0.4) is 0 Å². The Kier molecular flexibility index (Phi) is 4.65. The third-order valence-corrected chi connectivity index (χ3v) is 4.08. The van der Waals surface area contributed by atoms with Gasteiger partial charge in [0.05, 0.1) is 17.8 Å². The van der Waals surface area contributed by atoms with Crippen LogP contribution in [-0.2, 0) is 4.79 Å². The van der Waals surface area contributed by atoms with E-state index in [2.05, 4.69) is 15.9 Å². The number of nitrogens with two attached hydrogens (primary N) is 1. The van der Waals surface area contributed by atoms with E-state index in [0.29, 0.717) is 5.69 Å². The topological polar surface area (TPSA) is 83.6 Å². The number of amides is 1. The molecule has 0 bridgehead atoms. The van der Waals surface area contributed by atoms with Gasteiger partial charge in [0.25, 0.3) is 0 Å². The fourth-order valence-electron chi connectivity index (χ4n) is 2.72. The van der Waals surface area contributed by atoms with Crippen molar-refractivity contribution in [2.45, 2.75) is 31.7 Å². The van der Waals surface area contributed by atoms with E-state index in [1.54, 1.807) is 18.2 Å². The van der Waals surface area contributed by atoms with Crippen LogP contribution in [0.2, 0.25) is 0 Å². The fourth-order valence-corrected chi connectivity index (χ4v) is 3.07. The fraction of sp³-hybridized carbons (Fsp3) is 0.429. The second kappa shape index (κ2) is 6.26. The Balaban J connectivity index is 2.43. The summed E-state index contributed by atoms with van der Waals surface area (Å²) in [6.45, 7) is 0.0431. The Morgan fingerprint density at radius 3 is 2.55 bits per heavy atom. The lowest BCUT2D eigenvalue weighted by atomic mass is 10.1. The normalized spacial score (nSPS) is 15.2. The van der Waals surface area contributed by atoms with E-state index >= 15 is 0 Å². The number of anilines is 1. The number of primary amides is 1. The van der Waals surface area contributed by atoms with Crippen molar-refractivity contribution in [2.75, 3.05) is 11.4 Å². The first-order valence-corrected chi connectivity index (χ1v) is 7.36. The predicted molar refractivity (Wildman–Crippen MR) is 79.9 cm³/mol. The average Bonchev–Trinajstić information content (AvgIpc) is 2.88. The summed E-state index contributed by atoms with van der Waals surface area (Å²) >= 11 is 3.35. The summed E-state index contributed by atoms with van der Waals surface area (Å²) < 4.78 is 0.782. The third kappa shape index (κ3) is 3.30. The highest BCUT2D eigenvalue weighted by Gasteiger charge is 2.27. The molecule has 1 amide bonds. The molecule has 1 aliphatic rings. The summed E-state index contributed by atoms with van der Waals surface area (Å²) in [5.41, 5.74) is 6.07. The van der Waals surface area contributed by atoms with Gasteiger partial charge < -0.3 is 15.7 Å². The van der Waals surface area contributed by atoms with Crippen molar-refractivity contribution in [1.29, 1.82) is 0 Å². The molecule has 0 spiro atoms. The van der Waals surface area contributed by atoms with Crippen LogP contribution < -0.4 is 10.6 Å². The molecule has 1 fully saturated rings. The van der Waals surface area contributed by atoms with Gasteiger partial charge in [-0.15, -0.1) is 0 Å². The molecular weight excluding hydrogens is 324 g/mol. The zero-order valence-electron chi connectivity index (χ0n) is 11.0. The highest BCUT2D eigenvalue weighted by atomic mass is 79.9. The Bertz CT molecular complexity index is 527. The molecule has 0 saturated heterocycles. The van der Waals surface area contributed by atoms with E-state index in [1.165, 1.54) is 0 Å². The molecule has 0 heterocycles. The number of nitrogens with zero attached hydrogens (tertiary/aromatic N) is 1.